The molecule has 23 heavy (non-hydrogen) atoms. The van der Waals surface area contributed by atoms with E-state index in [-0.39, 0.29) is 5.78 Å². The van der Waals surface area contributed by atoms with Gasteiger partial charge < -0.3 is 23.3 Å². The lowest BCUT2D eigenvalue weighted by molar-refractivity contribution is -0.116. The summed E-state index contributed by atoms with van der Waals surface area (Å²) in [5, 5.41) is 0. The monoisotopic (exact) mass is 366 g/mol. The van der Waals surface area contributed by atoms with Crippen molar-refractivity contribution in [3.63, 3.8) is 0 Å². The zero-order chi connectivity index (χ0) is 17.7. The van der Waals surface area contributed by atoms with Crippen molar-refractivity contribution in [1.29, 1.82) is 0 Å². The van der Waals surface area contributed by atoms with Crippen LogP contribution in [0.4, 0.5) is 0 Å². The molecule has 0 rings (SSSR count). The number of allylic oxidation sites excluding steroid dienone is 3. The van der Waals surface area contributed by atoms with Gasteiger partial charge in [-0.3, -0.25) is 0 Å². The Bertz CT molecular complexity index is 397. The molecule has 0 amide bonds. The summed E-state index contributed by atoms with van der Waals surface area (Å²) in [5.74, 6) is 0.225. The maximum atomic E-state index is 10.9. The third-order valence-electron chi connectivity index (χ3n) is 2.96. The van der Waals surface area contributed by atoms with E-state index in [0.29, 0.717) is 13.0 Å². The van der Waals surface area contributed by atoms with Gasteiger partial charge in [-0.15, -0.1) is 0 Å². The molecule has 0 aromatic heterocycles. The molecule has 0 aliphatic heterocycles. The predicted molar refractivity (Wildman–Crippen MR) is 93.8 cm³/mol. The molecule has 2 unspecified atom stereocenters. The van der Waals surface area contributed by atoms with Crippen LogP contribution in [0.3, 0.4) is 0 Å². The van der Waals surface area contributed by atoms with E-state index in [4.69, 9.17) is 13.4 Å². The second-order valence-corrected chi connectivity index (χ2v) is 7.61. The van der Waals surface area contributed by atoms with Crippen LogP contribution in [0.25, 0.3) is 0 Å². The molecular weight excluding hydrogens is 338 g/mol. The summed E-state index contributed by atoms with van der Waals surface area (Å²) in [5.41, 5.74) is 2.45. The summed E-state index contributed by atoms with van der Waals surface area (Å²) in [6.45, 7) is 6.06. The van der Waals surface area contributed by atoms with Crippen LogP contribution < -0.4 is 0 Å². The van der Waals surface area contributed by atoms with E-state index in [9.17, 15) is 9.69 Å². The molecule has 0 radical (unpaired) electrons. The van der Waals surface area contributed by atoms with Crippen molar-refractivity contribution in [2.75, 3.05) is 20.8 Å². The van der Waals surface area contributed by atoms with Crippen LogP contribution >= 0.6 is 17.2 Å². The van der Waals surface area contributed by atoms with Crippen molar-refractivity contribution < 1.29 is 27.6 Å². The smallest absolute Gasteiger partial charge is 0.328 e. The van der Waals surface area contributed by atoms with Gasteiger partial charge in [-0.2, -0.15) is 0 Å². The predicted octanol–water partition coefficient (Wildman–Crippen LogP) is 4.80. The van der Waals surface area contributed by atoms with Crippen LogP contribution in [0.15, 0.2) is 23.3 Å². The summed E-state index contributed by atoms with van der Waals surface area (Å²) in [6.07, 6.45) is 7.44. The Kier molecular flexibility index (Phi) is 14.1. The number of hydrogen-bond donors (Lipinski definition) is 1. The molecule has 0 bridgehead atoms. The molecule has 0 saturated carbocycles. The standard InChI is InChI=1S/C15H28O6P2/c1-13(9-10-15(3)16)7-6-8-14(2)11-12-20-23(19-5)21-22(17)18-4/h7,11,17H,6,8-10,12H2,1-5H3/b13-7+,14-11+. The minimum Gasteiger partial charge on any atom is -0.328 e. The topological polar surface area (TPSA) is 74.2 Å². The minimum atomic E-state index is -1.95. The molecule has 0 heterocycles. The van der Waals surface area contributed by atoms with Crippen LogP contribution in [0, 0.1) is 0 Å². The number of carbonyl (C=O) groups is 1. The molecule has 0 aromatic carbocycles. The molecule has 0 aliphatic rings. The van der Waals surface area contributed by atoms with E-state index in [2.05, 4.69) is 17.5 Å². The Hall–Kier alpha value is -0.190. The first-order valence-electron chi connectivity index (χ1n) is 7.38. The number of rotatable bonds is 13. The Balaban J connectivity index is 4.02. The van der Waals surface area contributed by atoms with Crippen LogP contribution in [0.5, 0.6) is 0 Å². The molecule has 0 fully saturated rings. The van der Waals surface area contributed by atoms with Crippen molar-refractivity contribution in [3.05, 3.63) is 23.3 Å². The molecule has 0 aliphatic carbocycles. The van der Waals surface area contributed by atoms with Gasteiger partial charge in [0.15, 0.2) is 0 Å². The van der Waals surface area contributed by atoms with Crippen molar-refractivity contribution in [1.82, 2.24) is 0 Å². The SMILES string of the molecule is COP(O)OP(OC)OC/C=C(\C)CC/C=C(\C)CCC(C)=O. The number of hydrogen-bond acceptors (Lipinski definition) is 6. The summed E-state index contributed by atoms with van der Waals surface area (Å²) >= 11 is 0. The average molecular weight is 366 g/mol. The van der Waals surface area contributed by atoms with Gasteiger partial charge in [-0.05, 0) is 40.0 Å². The lowest BCUT2D eigenvalue weighted by Gasteiger charge is -2.15. The molecule has 0 saturated heterocycles. The Labute approximate surface area is 141 Å². The lowest BCUT2D eigenvalue weighted by atomic mass is 10.1. The third kappa shape index (κ3) is 13.9. The fourth-order valence-corrected chi connectivity index (χ4v) is 3.04. The van der Waals surface area contributed by atoms with Crippen LogP contribution in [-0.2, 0) is 22.7 Å². The summed E-state index contributed by atoms with van der Waals surface area (Å²) in [7, 11) is -0.752. The zero-order valence-electron chi connectivity index (χ0n) is 14.6. The highest BCUT2D eigenvalue weighted by molar-refractivity contribution is 7.55. The molecule has 134 valence electrons. The Morgan fingerprint density at radius 2 is 1.65 bits per heavy atom. The minimum absolute atomic E-state index is 0.225. The van der Waals surface area contributed by atoms with Gasteiger partial charge >= 0.3 is 17.2 Å². The number of Topliss-reactive ketones (excluding diaryl/α,β-unsaturated/α-hetero) is 1. The van der Waals surface area contributed by atoms with E-state index in [1.165, 1.54) is 25.4 Å². The van der Waals surface area contributed by atoms with Crippen LogP contribution in [-0.4, -0.2) is 31.5 Å². The summed E-state index contributed by atoms with van der Waals surface area (Å²) < 4.78 is 20.1. The molecule has 0 aromatic rings. The first-order chi connectivity index (χ1) is 10.9. The zero-order valence-corrected chi connectivity index (χ0v) is 16.4. The fraction of sp³-hybridized carbons (Fsp3) is 0.667. The van der Waals surface area contributed by atoms with Crippen molar-refractivity contribution in [2.45, 2.75) is 46.5 Å². The van der Waals surface area contributed by atoms with Gasteiger partial charge in [-0.25, -0.2) is 4.31 Å². The summed E-state index contributed by atoms with van der Waals surface area (Å²) in [6, 6.07) is 0. The van der Waals surface area contributed by atoms with Gasteiger partial charge in [0.1, 0.15) is 5.78 Å². The molecule has 2 atom stereocenters. The molecule has 1 N–H and O–H groups in total. The lowest BCUT2D eigenvalue weighted by Crippen LogP contribution is -1.92. The number of carbonyl (C=O) groups excluding carboxylic acids is 1. The van der Waals surface area contributed by atoms with Gasteiger partial charge in [0.25, 0.3) is 0 Å². The van der Waals surface area contributed by atoms with Gasteiger partial charge in [0, 0.05) is 20.6 Å². The normalized spacial score (nSPS) is 15.6. The van der Waals surface area contributed by atoms with E-state index in [0.717, 1.165) is 19.3 Å². The highest BCUT2D eigenvalue weighted by atomic mass is 31.2. The quantitative estimate of drug-likeness (QED) is 0.373. The maximum Gasteiger partial charge on any atom is 0.339 e. The average Bonchev–Trinajstić information content (AvgIpc) is 2.51. The van der Waals surface area contributed by atoms with E-state index < -0.39 is 17.2 Å². The Morgan fingerprint density at radius 1 is 1.00 bits per heavy atom. The molecule has 8 heteroatoms. The van der Waals surface area contributed by atoms with Crippen molar-refractivity contribution in [3.8, 4) is 0 Å². The van der Waals surface area contributed by atoms with Crippen LogP contribution in [0.2, 0.25) is 0 Å². The van der Waals surface area contributed by atoms with Crippen molar-refractivity contribution in [2.24, 2.45) is 0 Å². The van der Waals surface area contributed by atoms with Gasteiger partial charge in [0.05, 0.1) is 6.61 Å². The van der Waals surface area contributed by atoms with E-state index in [1.807, 2.05) is 13.0 Å². The largest absolute Gasteiger partial charge is 0.339 e. The summed E-state index contributed by atoms with van der Waals surface area (Å²) in [4.78, 5) is 20.2. The highest BCUT2D eigenvalue weighted by Crippen LogP contribution is 2.51. The maximum absolute atomic E-state index is 10.9. The molecular formula is C15H28O6P2. The third-order valence-corrected chi connectivity index (χ3v) is 5.02. The van der Waals surface area contributed by atoms with E-state index in [1.54, 1.807) is 6.92 Å². The second-order valence-electron chi connectivity index (χ2n) is 5.05. The van der Waals surface area contributed by atoms with Gasteiger partial charge in [0.2, 0.25) is 0 Å². The second kappa shape index (κ2) is 14.2. The number of ketones is 1. The highest BCUT2D eigenvalue weighted by Gasteiger charge is 2.16. The van der Waals surface area contributed by atoms with Crippen molar-refractivity contribution >= 4 is 23.0 Å². The van der Waals surface area contributed by atoms with E-state index >= 15 is 0 Å². The first kappa shape index (κ1) is 22.8. The Morgan fingerprint density at radius 3 is 2.22 bits per heavy atom. The molecule has 0 spiro atoms. The molecule has 6 nitrogen and oxygen atoms in total. The first-order valence-corrected chi connectivity index (χ1v) is 9.60. The van der Waals surface area contributed by atoms with Gasteiger partial charge in [-0.1, -0.05) is 23.3 Å². The van der Waals surface area contributed by atoms with Crippen LogP contribution in [0.1, 0.15) is 46.5 Å². The fourth-order valence-electron chi connectivity index (χ4n) is 1.56.